The summed E-state index contributed by atoms with van der Waals surface area (Å²) in [5, 5.41) is 9.19. The lowest BCUT2D eigenvalue weighted by Gasteiger charge is -2.10. The summed E-state index contributed by atoms with van der Waals surface area (Å²) in [6.45, 7) is 4.34. The van der Waals surface area contributed by atoms with Gasteiger partial charge in [0.2, 0.25) is 5.91 Å². The number of allylic oxidation sites excluding steroid dienone is 1. The topological polar surface area (TPSA) is 83.0 Å². The molecule has 6 nitrogen and oxygen atoms in total. The molecule has 1 aromatic heterocycles. The smallest absolute Gasteiger partial charge is 0.218 e. The Labute approximate surface area is 133 Å². The van der Waals surface area contributed by atoms with Crippen molar-refractivity contribution in [3.8, 4) is 17.1 Å². The van der Waals surface area contributed by atoms with Gasteiger partial charge in [-0.1, -0.05) is 30.0 Å². The summed E-state index contributed by atoms with van der Waals surface area (Å²) < 4.78 is 7.32. The van der Waals surface area contributed by atoms with E-state index in [1.54, 1.807) is 13.2 Å². The normalized spacial score (nSPS) is 10.4. The number of rotatable bonds is 8. The number of amides is 1. The molecule has 0 spiro atoms. The molecule has 7 heteroatoms. The third kappa shape index (κ3) is 3.67. The lowest BCUT2D eigenvalue weighted by Crippen LogP contribution is -2.11. The van der Waals surface area contributed by atoms with Gasteiger partial charge in [-0.05, 0) is 12.1 Å². The molecule has 22 heavy (non-hydrogen) atoms. The van der Waals surface area contributed by atoms with E-state index in [4.69, 9.17) is 10.5 Å². The highest BCUT2D eigenvalue weighted by Crippen LogP contribution is 2.30. The lowest BCUT2D eigenvalue weighted by molar-refractivity contribution is -0.117. The zero-order chi connectivity index (χ0) is 15.9. The molecule has 0 aliphatic rings. The first-order chi connectivity index (χ1) is 10.7. The van der Waals surface area contributed by atoms with Crippen molar-refractivity contribution < 1.29 is 9.53 Å². The van der Waals surface area contributed by atoms with E-state index in [1.165, 1.54) is 11.8 Å². The highest BCUT2D eigenvalue weighted by molar-refractivity contribution is 7.99. The van der Waals surface area contributed by atoms with Gasteiger partial charge in [0, 0.05) is 18.7 Å². The van der Waals surface area contributed by atoms with Gasteiger partial charge in [-0.15, -0.1) is 16.8 Å². The van der Waals surface area contributed by atoms with Crippen LogP contribution in [0.5, 0.6) is 5.75 Å². The monoisotopic (exact) mass is 318 g/mol. The van der Waals surface area contributed by atoms with Crippen LogP contribution < -0.4 is 10.5 Å². The molecule has 0 aliphatic carbocycles. The van der Waals surface area contributed by atoms with E-state index in [-0.39, 0.29) is 5.91 Å². The summed E-state index contributed by atoms with van der Waals surface area (Å²) in [6.07, 6.45) is 2.08. The average molecular weight is 318 g/mol. The molecule has 0 saturated heterocycles. The van der Waals surface area contributed by atoms with Crippen molar-refractivity contribution in [1.82, 2.24) is 14.8 Å². The van der Waals surface area contributed by atoms with Gasteiger partial charge in [0.15, 0.2) is 11.0 Å². The van der Waals surface area contributed by atoms with E-state index in [1.807, 2.05) is 28.8 Å². The summed E-state index contributed by atoms with van der Waals surface area (Å²) in [5.74, 6) is 1.68. The van der Waals surface area contributed by atoms with Crippen molar-refractivity contribution in [2.45, 2.75) is 18.1 Å². The first-order valence-corrected chi connectivity index (χ1v) is 7.74. The summed E-state index contributed by atoms with van der Waals surface area (Å²) in [5.41, 5.74) is 6.02. The van der Waals surface area contributed by atoms with Crippen molar-refractivity contribution in [1.29, 1.82) is 0 Å². The van der Waals surface area contributed by atoms with Crippen molar-refractivity contribution in [3.63, 3.8) is 0 Å². The van der Waals surface area contributed by atoms with Crippen LogP contribution in [0.3, 0.4) is 0 Å². The molecule has 0 bridgehead atoms. The zero-order valence-corrected chi connectivity index (χ0v) is 13.2. The Bertz CT molecular complexity index is 669. The van der Waals surface area contributed by atoms with Crippen LogP contribution in [0.15, 0.2) is 42.1 Å². The number of methoxy groups -OCH3 is 1. The number of thioether (sulfide) groups is 1. The van der Waals surface area contributed by atoms with Crippen LogP contribution >= 0.6 is 11.8 Å². The molecule has 116 valence electrons. The Kier molecular flexibility index (Phi) is 5.60. The predicted octanol–water partition coefficient (Wildman–Crippen LogP) is 2.11. The van der Waals surface area contributed by atoms with Gasteiger partial charge in [-0.25, -0.2) is 0 Å². The Morgan fingerprint density at radius 1 is 1.45 bits per heavy atom. The van der Waals surface area contributed by atoms with Gasteiger partial charge in [-0.3, -0.25) is 9.36 Å². The minimum Gasteiger partial charge on any atom is -0.496 e. The minimum absolute atomic E-state index is 0.301. The number of hydrogen-bond acceptors (Lipinski definition) is 5. The number of hydrogen-bond donors (Lipinski definition) is 1. The summed E-state index contributed by atoms with van der Waals surface area (Å²) in [4.78, 5) is 10.8. The fourth-order valence-corrected chi connectivity index (χ4v) is 2.86. The van der Waals surface area contributed by atoms with Crippen molar-refractivity contribution >= 4 is 17.7 Å². The van der Waals surface area contributed by atoms with E-state index >= 15 is 0 Å². The molecule has 2 rings (SSSR count). The van der Waals surface area contributed by atoms with Gasteiger partial charge < -0.3 is 10.5 Å². The van der Waals surface area contributed by atoms with Crippen LogP contribution in [0.2, 0.25) is 0 Å². The summed E-state index contributed by atoms with van der Waals surface area (Å²) >= 11 is 1.44. The second-order valence-corrected chi connectivity index (χ2v) is 5.53. The Hall–Kier alpha value is -2.28. The number of aromatic nitrogens is 3. The number of carbonyl (C=O) groups excluding carboxylic acids is 1. The minimum atomic E-state index is -0.327. The number of carbonyl (C=O) groups is 1. The number of primary amides is 1. The van der Waals surface area contributed by atoms with Crippen LogP contribution in [-0.4, -0.2) is 33.5 Å². The number of para-hydroxylation sites is 1. The van der Waals surface area contributed by atoms with E-state index in [9.17, 15) is 4.79 Å². The molecule has 1 aromatic carbocycles. The second-order valence-electron chi connectivity index (χ2n) is 4.47. The Balaban J connectivity index is 2.33. The fourth-order valence-electron chi connectivity index (χ4n) is 1.96. The van der Waals surface area contributed by atoms with Crippen molar-refractivity contribution in [3.05, 3.63) is 36.9 Å². The Morgan fingerprint density at radius 3 is 2.91 bits per heavy atom. The highest BCUT2D eigenvalue weighted by atomic mass is 32.2. The molecule has 2 N–H and O–H groups in total. The van der Waals surface area contributed by atoms with E-state index in [2.05, 4.69) is 16.8 Å². The average Bonchev–Trinajstić information content (AvgIpc) is 2.90. The van der Waals surface area contributed by atoms with Gasteiger partial charge in [0.25, 0.3) is 0 Å². The quantitative estimate of drug-likeness (QED) is 0.595. The molecule has 0 atom stereocenters. The van der Waals surface area contributed by atoms with E-state index in [0.29, 0.717) is 24.5 Å². The third-order valence-electron chi connectivity index (χ3n) is 2.96. The molecule has 0 aliphatic heterocycles. The SMILES string of the molecule is C=CCn1c(SCCC(N)=O)nnc1-c1ccccc1OC. The molecule has 0 unspecified atom stereocenters. The third-order valence-corrected chi connectivity index (χ3v) is 3.92. The maximum atomic E-state index is 10.8. The van der Waals surface area contributed by atoms with Gasteiger partial charge >= 0.3 is 0 Å². The molecule has 0 fully saturated rings. The summed E-state index contributed by atoms with van der Waals surface area (Å²) in [7, 11) is 1.62. The molecule has 1 heterocycles. The van der Waals surface area contributed by atoms with Crippen LogP contribution in [0.4, 0.5) is 0 Å². The lowest BCUT2D eigenvalue weighted by atomic mass is 10.2. The number of ether oxygens (including phenoxy) is 1. The first-order valence-electron chi connectivity index (χ1n) is 6.76. The van der Waals surface area contributed by atoms with Crippen LogP contribution in [0.25, 0.3) is 11.4 Å². The maximum absolute atomic E-state index is 10.8. The van der Waals surface area contributed by atoms with Crippen LogP contribution in [-0.2, 0) is 11.3 Å². The fraction of sp³-hybridized carbons (Fsp3) is 0.267. The number of benzene rings is 1. The molecular formula is C15H18N4O2S. The standard InChI is InChI=1S/C15H18N4O2S/c1-3-9-19-14(11-6-4-5-7-12(11)21-2)17-18-15(19)22-10-8-13(16)20/h3-7H,1,8-10H2,2H3,(H2,16,20). The Morgan fingerprint density at radius 2 is 2.23 bits per heavy atom. The molecular weight excluding hydrogens is 300 g/mol. The molecule has 1 amide bonds. The summed E-state index contributed by atoms with van der Waals surface area (Å²) in [6, 6.07) is 7.63. The van der Waals surface area contributed by atoms with E-state index < -0.39 is 0 Å². The predicted molar refractivity (Wildman–Crippen MR) is 86.7 cm³/mol. The van der Waals surface area contributed by atoms with Gasteiger partial charge in [-0.2, -0.15) is 0 Å². The molecule has 0 saturated carbocycles. The maximum Gasteiger partial charge on any atom is 0.218 e. The zero-order valence-electron chi connectivity index (χ0n) is 12.4. The highest BCUT2D eigenvalue weighted by Gasteiger charge is 2.16. The van der Waals surface area contributed by atoms with Crippen molar-refractivity contribution in [2.24, 2.45) is 5.73 Å². The largest absolute Gasteiger partial charge is 0.496 e. The first kappa shape index (κ1) is 16.1. The number of nitrogens with two attached hydrogens (primary N) is 1. The molecule has 2 aromatic rings. The van der Waals surface area contributed by atoms with Crippen LogP contribution in [0, 0.1) is 0 Å². The van der Waals surface area contributed by atoms with Gasteiger partial charge in [0.05, 0.1) is 12.7 Å². The molecule has 0 radical (unpaired) electrons. The van der Waals surface area contributed by atoms with E-state index in [0.717, 1.165) is 16.5 Å². The van der Waals surface area contributed by atoms with Crippen molar-refractivity contribution in [2.75, 3.05) is 12.9 Å². The number of nitrogens with zero attached hydrogens (tertiary/aromatic N) is 3. The van der Waals surface area contributed by atoms with Crippen LogP contribution in [0.1, 0.15) is 6.42 Å². The second kappa shape index (κ2) is 7.65. The van der Waals surface area contributed by atoms with Gasteiger partial charge in [0.1, 0.15) is 5.75 Å².